The van der Waals surface area contributed by atoms with Crippen molar-refractivity contribution in [1.82, 2.24) is 20.4 Å². The summed E-state index contributed by atoms with van der Waals surface area (Å²) in [4.78, 5) is 11.8. The highest BCUT2D eigenvalue weighted by Crippen LogP contribution is 2.15. The van der Waals surface area contributed by atoms with Crippen LogP contribution in [-0.4, -0.2) is 28.8 Å². The highest BCUT2D eigenvalue weighted by Gasteiger charge is 2.16. The van der Waals surface area contributed by atoms with E-state index in [1.54, 1.807) is 0 Å². The third-order valence-electron chi connectivity index (χ3n) is 4.06. The molecule has 1 aliphatic rings. The summed E-state index contributed by atoms with van der Waals surface area (Å²) in [5, 5.41) is 10.7. The zero-order valence-electron chi connectivity index (χ0n) is 12.1. The molecule has 5 nitrogen and oxygen atoms in total. The van der Waals surface area contributed by atoms with Crippen LogP contribution in [0.15, 0.2) is 0 Å². The molecule has 2 rings (SSSR count). The maximum atomic E-state index is 11.8. The first-order valence-corrected chi connectivity index (χ1v) is 7.04. The van der Waals surface area contributed by atoms with E-state index in [2.05, 4.69) is 15.7 Å². The summed E-state index contributed by atoms with van der Waals surface area (Å²) in [6.07, 6.45) is 2.82. The lowest BCUT2D eigenvalue weighted by atomic mass is 10.0. The van der Waals surface area contributed by atoms with Crippen molar-refractivity contribution in [2.45, 2.75) is 39.7 Å². The first-order chi connectivity index (χ1) is 9.08. The lowest BCUT2D eigenvalue weighted by Gasteiger charge is -2.09. The number of nitrogens with one attached hydrogen (secondary N) is 2. The van der Waals surface area contributed by atoms with Crippen molar-refractivity contribution in [2.24, 2.45) is 13.0 Å². The molecule has 1 fully saturated rings. The quantitative estimate of drug-likeness (QED) is 0.835. The average molecular weight is 264 g/mol. The van der Waals surface area contributed by atoms with Crippen LogP contribution in [0, 0.1) is 19.8 Å². The molecule has 1 saturated heterocycles. The molecule has 19 heavy (non-hydrogen) atoms. The van der Waals surface area contributed by atoms with Gasteiger partial charge in [-0.1, -0.05) is 0 Å². The minimum absolute atomic E-state index is 0.148. The third-order valence-corrected chi connectivity index (χ3v) is 4.06. The second-order valence-electron chi connectivity index (χ2n) is 5.45. The molecule has 0 aliphatic carbocycles. The number of hydrogen-bond acceptors (Lipinski definition) is 3. The highest BCUT2D eigenvalue weighted by molar-refractivity contribution is 5.75. The molecule has 1 unspecified atom stereocenters. The van der Waals surface area contributed by atoms with E-state index >= 15 is 0 Å². The summed E-state index contributed by atoms with van der Waals surface area (Å²) >= 11 is 0. The third kappa shape index (κ3) is 3.56. The summed E-state index contributed by atoms with van der Waals surface area (Å²) in [5.74, 6) is 0.821. The molecule has 2 N–H and O–H groups in total. The Morgan fingerprint density at radius 3 is 2.89 bits per heavy atom. The minimum atomic E-state index is 0.148. The van der Waals surface area contributed by atoms with E-state index in [9.17, 15) is 4.79 Å². The van der Waals surface area contributed by atoms with Crippen molar-refractivity contribution >= 4 is 5.91 Å². The van der Waals surface area contributed by atoms with Crippen LogP contribution in [0.4, 0.5) is 0 Å². The molecule has 106 valence electrons. The van der Waals surface area contributed by atoms with Gasteiger partial charge in [0.25, 0.3) is 0 Å². The molecule has 1 amide bonds. The first-order valence-electron chi connectivity index (χ1n) is 7.04. The van der Waals surface area contributed by atoms with Crippen LogP contribution in [0.3, 0.4) is 0 Å². The van der Waals surface area contributed by atoms with Crippen LogP contribution in [0.25, 0.3) is 0 Å². The Morgan fingerprint density at radius 1 is 1.53 bits per heavy atom. The van der Waals surface area contributed by atoms with Gasteiger partial charge in [-0.05, 0) is 45.7 Å². The lowest BCUT2D eigenvalue weighted by Crippen LogP contribution is -2.24. The molecule has 1 atom stereocenters. The van der Waals surface area contributed by atoms with Gasteiger partial charge >= 0.3 is 0 Å². The van der Waals surface area contributed by atoms with E-state index in [4.69, 9.17) is 0 Å². The molecule has 0 spiro atoms. The molecule has 5 heteroatoms. The van der Waals surface area contributed by atoms with Gasteiger partial charge < -0.3 is 10.6 Å². The molecule has 0 bridgehead atoms. The highest BCUT2D eigenvalue weighted by atomic mass is 16.1. The molecule has 0 aromatic carbocycles. The van der Waals surface area contributed by atoms with Crippen molar-refractivity contribution in [1.29, 1.82) is 0 Å². The number of rotatable bonds is 5. The van der Waals surface area contributed by atoms with Gasteiger partial charge in [0.15, 0.2) is 0 Å². The van der Waals surface area contributed by atoms with Crippen molar-refractivity contribution in [3.8, 4) is 0 Å². The van der Waals surface area contributed by atoms with Gasteiger partial charge in [-0.2, -0.15) is 5.10 Å². The number of aryl methyl sites for hydroxylation is 2. The standard InChI is InChI=1S/C14H24N4O/c1-10-13(11(2)18(3)17-10)9-16-14(19)5-4-12-6-7-15-8-12/h12,15H,4-9H2,1-3H3,(H,16,19). The number of amides is 1. The van der Waals surface area contributed by atoms with E-state index in [0.29, 0.717) is 18.9 Å². The molecule has 0 saturated carbocycles. The molecule has 2 heterocycles. The van der Waals surface area contributed by atoms with Crippen molar-refractivity contribution in [3.63, 3.8) is 0 Å². The van der Waals surface area contributed by atoms with Gasteiger partial charge in [-0.25, -0.2) is 0 Å². The Kier molecular flexibility index (Phi) is 4.58. The summed E-state index contributed by atoms with van der Waals surface area (Å²) in [6, 6.07) is 0. The molecular weight excluding hydrogens is 240 g/mol. The van der Waals surface area contributed by atoms with Crippen LogP contribution in [0.5, 0.6) is 0 Å². The number of nitrogens with zero attached hydrogens (tertiary/aromatic N) is 2. The Hall–Kier alpha value is -1.36. The zero-order valence-corrected chi connectivity index (χ0v) is 12.1. The van der Waals surface area contributed by atoms with E-state index in [-0.39, 0.29) is 5.91 Å². The average Bonchev–Trinajstić information content (AvgIpc) is 2.96. The number of carbonyl (C=O) groups is 1. The second-order valence-corrected chi connectivity index (χ2v) is 5.45. The van der Waals surface area contributed by atoms with E-state index in [0.717, 1.165) is 36.5 Å². The molecule has 1 aromatic rings. The normalized spacial score (nSPS) is 18.8. The molecule has 1 aromatic heterocycles. The van der Waals surface area contributed by atoms with E-state index in [1.807, 2.05) is 25.6 Å². The van der Waals surface area contributed by atoms with Gasteiger partial charge in [-0.3, -0.25) is 9.48 Å². The van der Waals surface area contributed by atoms with E-state index in [1.165, 1.54) is 6.42 Å². The van der Waals surface area contributed by atoms with Crippen LogP contribution in [0.1, 0.15) is 36.2 Å². The first kappa shape index (κ1) is 14.1. The Bertz CT molecular complexity index is 447. The molecular formula is C14H24N4O. The largest absolute Gasteiger partial charge is 0.352 e. The predicted molar refractivity (Wildman–Crippen MR) is 74.7 cm³/mol. The fourth-order valence-electron chi connectivity index (χ4n) is 2.64. The molecule has 0 radical (unpaired) electrons. The van der Waals surface area contributed by atoms with Crippen LogP contribution in [0.2, 0.25) is 0 Å². The fourth-order valence-corrected chi connectivity index (χ4v) is 2.64. The van der Waals surface area contributed by atoms with Gasteiger partial charge in [0.05, 0.1) is 5.69 Å². The van der Waals surface area contributed by atoms with Crippen LogP contribution < -0.4 is 10.6 Å². The van der Waals surface area contributed by atoms with Crippen LogP contribution >= 0.6 is 0 Å². The van der Waals surface area contributed by atoms with Crippen molar-refractivity contribution in [2.75, 3.05) is 13.1 Å². The monoisotopic (exact) mass is 264 g/mol. The fraction of sp³-hybridized carbons (Fsp3) is 0.714. The smallest absolute Gasteiger partial charge is 0.220 e. The minimum Gasteiger partial charge on any atom is -0.352 e. The second kappa shape index (κ2) is 6.19. The maximum absolute atomic E-state index is 11.8. The molecule has 1 aliphatic heterocycles. The number of aromatic nitrogens is 2. The Balaban J connectivity index is 1.76. The SMILES string of the molecule is Cc1nn(C)c(C)c1CNC(=O)CCC1CCNC1. The van der Waals surface area contributed by atoms with Gasteiger partial charge in [0.2, 0.25) is 5.91 Å². The van der Waals surface area contributed by atoms with Gasteiger partial charge in [0.1, 0.15) is 0 Å². The van der Waals surface area contributed by atoms with Crippen molar-refractivity contribution < 1.29 is 4.79 Å². The summed E-state index contributed by atoms with van der Waals surface area (Å²) in [6.45, 7) is 6.77. The summed E-state index contributed by atoms with van der Waals surface area (Å²) in [5.41, 5.74) is 3.26. The zero-order chi connectivity index (χ0) is 13.8. The Labute approximate surface area is 114 Å². The number of carbonyl (C=O) groups excluding carboxylic acids is 1. The topological polar surface area (TPSA) is 59.0 Å². The van der Waals surface area contributed by atoms with E-state index < -0.39 is 0 Å². The predicted octanol–water partition coefficient (Wildman–Crippen LogP) is 1.04. The van der Waals surface area contributed by atoms with Crippen LogP contribution in [-0.2, 0) is 18.4 Å². The van der Waals surface area contributed by atoms with Crippen molar-refractivity contribution in [3.05, 3.63) is 17.0 Å². The maximum Gasteiger partial charge on any atom is 0.220 e. The summed E-state index contributed by atoms with van der Waals surface area (Å²) < 4.78 is 1.86. The lowest BCUT2D eigenvalue weighted by molar-refractivity contribution is -0.121. The van der Waals surface area contributed by atoms with Gasteiger partial charge in [-0.15, -0.1) is 0 Å². The van der Waals surface area contributed by atoms with Gasteiger partial charge in [0, 0.05) is 31.3 Å². The Morgan fingerprint density at radius 2 is 2.32 bits per heavy atom. The number of hydrogen-bond donors (Lipinski definition) is 2. The summed E-state index contributed by atoms with van der Waals surface area (Å²) in [7, 11) is 1.93.